The largest absolute Gasteiger partial charge is 0.497 e. The van der Waals surface area contributed by atoms with Gasteiger partial charge in [0.1, 0.15) is 23.8 Å². The summed E-state index contributed by atoms with van der Waals surface area (Å²) in [4.78, 5) is 0. The highest BCUT2D eigenvalue weighted by Crippen LogP contribution is 2.21. The summed E-state index contributed by atoms with van der Waals surface area (Å²) in [5.74, 6) is 1.46. The van der Waals surface area contributed by atoms with E-state index < -0.39 is 6.17 Å². The first-order valence-electron chi connectivity index (χ1n) is 5.45. The van der Waals surface area contributed by atoms with Crippen molar-refractivity contribution in [1.29, 1.82) is 0 Å². The Labute approximate surface area is 94.6 Å². The molecule has 0 amide bonds. The van der Waals surface area contributed by atoms with Gasteiger partial charge in [-0.15, -0.1) is 0 Å². The minimum atomic E-state index is -0.934. The van der Waals surface area contributed by atoms with Gasteiger partial charge in [-0.05, 0) is 37.2 Å². The second-order valence-electron chi connectivity index (χ2n) is 3.84. The molecule has 1 fully saturated rings. The van der Waals surface area contributed by atoms with Crippen molar-refractivity contribution in [3.63, 3.8) is 0 Å². The summed E-state index contributed by atoms with van der Waals surface area (Å²) < 4.78 is 24.1. The van der Waals surface area contributed by atoms with Crippen LogP contribution in [0.1, 0.15) is 6.42 Å². The fourth-order valence-electron chi connectivity index (χ4n) is 1.76. The van der Waals surface area contributed by atoms with Crippen molar-refractivity contribution in [2.24, 2.45) is 0 Å². The van der Waals surface area contributed by atoms with Gasteiger partial charge in [0.15, 0.2) is 0 Å². The SMILES string of the molecule is COc1ccc(O[C@H]2CCNC[C@H]2F)cc1. The molecule has 0 aromatic heterocycles. The Morgan fingerprint density at radius 2 is 1.94 bits per heavy atom. The van der Waals surface area contributed by atoms with Crippen molar-refractivity contribution in [2.75, 3.05) is 20.2 Å². The van der Waals surface area contributed by atoms with Crippen LogP contribution in [-0.2, 0) is 0 Å². The van der Waals surface area contributed by atoms with Crippen molar-refractivity contribution in [1.82, 2.24) is 5.32 Å². The number of piperidine rings is 1. The van der Waals surface area contributed by atoms with E-state index in [0.29, 0.717) is 18.7 Å². The predicted molar refractivity (Wildman–Crippen MR) is 59.8 cm³/mol. The lowest BCUT2D eigenvalue weighted by Crippen LogP contribution is -2.44. The van der Waals surface area contributed by atoms with Crippen LogP contribution >= 0.6 is 0 Å². The molecule has 2 atom stereocenters. The summed E-state index contributed by atoms with van der Waals surface area (Å²) in [5, 5.41) is 2.99. The first-order chi connectivity index (χ1) is 7.79. The van der Waals surface area contributed by atoms with Gasteiger partial charge in [0, 0.05) is 6.54 Å². The number of halogens is 1. The molecular weight excluding hydrogens is 209 g/mol. The molecule has 88 valence electrons. The second kappa shape index (κ2) is 5.16. The molecule has 0 saturated carbocycles. The van der Waals surface area contributed by atoms with Crippen LogP contribution in [0.4, 0.5) is 4.39 Å². The average molecular weight is 225 g/mol. The van der Waals surface area contributed by atoms with E-state index in [1.807, 2.05) is 12.1 Å². The molecule has 1 aromatic carbocycles. The molecule has 2 rings (SSSR count). The summed E-state index contributed by atoms with van der Waals surface area (Å²) in [6.45, 7) is 1.18. The Morgan fingerprint density at radius 3 is 2.56 bits per heavy atom. The van der Waals surface area contributed by atoms with Gasteiger partial charge in [0.25, 0.3) is 0 Å². The van der Waals surface area contributed by atoms with Crippen molar-refractivity contribution in [3.8, 4) is 11.5 Å². The third kappa shape index (κ3) is 2.64. The topological polar surface area (TPSA) is 30.5 Å². The lowest BCUT2D eigenvalue weighted by atomic mass is 10.1. The molecule has 4 heteroatoms. The minimum Gasteiger partial charge on any atom is -0.497 e. The van der Waals surface area contributed by atoms with E-state index in [1.54, 1.807) is 19.2 Å². The molecule has 0 radical (unpaired) electrons. The van der Waals surface area contributed by atoms with Crippen molar-refractivity contribution < 1.29 is 13.9 Å². The molecule has 0 unspecified atom stereocenters. The Hall–Kier alpha value is -1.29. The van der Waals surface area contributed by atoms with Gasteiger partial charge in [-0.25, -0.2) is 4.39 Å². The normalized spacial score (nSPS) is 25.1. The van der Waals surface area contributed by atoms with E-state index >= 15 is 0 Å². The van der Waals surface area contributed by atoms with E-state index in [4.69, 9.17) is 9.47 Å². The number of ether oxygens (including phenoxy) is 2. The average Bonchev–Trinajstić information content (AvgIpc) is 2.33. The maximum atomic E-state index is 13.5. The van der Waals surface area contributed by atoms with Crippen molar-refractivity contribution in [3.05, 3.63) is 24.3 Å². The molecule has 3 nitrogen and oxygen atoms in total. The predicted octanol–water partition coefficient (Wildman–Crippen LogP) is 1.77. The summed E-state index contributed by atoms with van der Waals surface area (Å²) in [6, 6.07) is 7.22. The van der Waals surface area contributed by atoms with Gasteiger partial charge in [0.2, 0.25) is 0 Å². The number of rotatable bonds is 3. The fourth-order valence-corrected chi connectivity index (χ4v) is 1.76. The van der Waals surface area contributed by atoms with Crippen molar-refractivity contribution >= 4 is 0 Å². The second-order valence-corrected chi connectivity index (χ2v) is 3.84. The third-order valence-electron chi connectivity index (χ3n) is 2.70. The molecule has 0 aliphatic carbocycles. The molecular formula is C12H16FNO2. The van der Waals surface area contributed by atoms with E-state index in [0.717, 1.165) is 12.3 Å². The van der Waals surface area contributed by atoms with E-state index in [2.05, 4.69) is 5.32 Å². The first kappa shape index (κ1) is 11.2. The lowest BCUT2D eigenvalue weighted by Gasteiger charge is -2.27. The smallest absolute Gasteiger partial charge is 0.149 e. The van der Waals surface area contributed by atoms with Gasteiger partial charge >= 0.3 is 0 Å². The molecule has 0 bridgehead atoms. The summed E-state index contributed by atoms with van der Waals surface area (Å²) in [5.41, 5.74) is 0. The molecule has 1 aliphatic heterocycles. The number of benzene rings is 1. The zero-order valence-corrected chi connectivity index (χ0v) is 9.28. The van der Waals surface area contributed by atoms with Gasteiger partial charge < -0.3 is 14.8 Å². The fraction of sp³-hybridized carbons (Fsp3) is 0.500. The van der Waals surface area contributed by atoms with Gasteiger partial charge in [-0.2, -0.15) is 0 Å². The number of nitrogens with one attached hydrogen (secondary N) is 1. The monoisotopic (exact) mass is 225 g/mol. The molecule has 1 heterocycles. The summed E-state index contributed by atoms with van der Waals surface area (Å²) in [7, 11) is 1.61. The number of methoxy groups -OCH3 is 1. The standard InChI is InChI=1S/C12H16FNO2/c1-15-9-2-4-10(5-3-9)16-12-6-7-14-8-11(12)13/h2-5,11-12,14H,6-8H2,1H3/t11-,12+/m1/s1. The van der Waals surface area contributed by atoms with Crippen LogP contribution in [0.3, 0.4) is 0 Å². The van der Waals surface area contributed by atoms with E-state index in [9.17, 15) is 4.39 Å². The van der Waals surface area contributed by atoms with Crippen LogP contribution in [0, 0.1) is 0 Å². The number of alkyl halides is 1. The Morgan fingerprint density at radius 1 is 1.25 bits per heavy atom. The molecule has 1 aliphatic rings. The van der Waals surface area contributed by atoms with Crippen LogP contribution in [0.5, 0.6) is 11.5 Å². The number of hydrogen-bond donors (Lipinski definition) is 1. The quantitative estimate of drug-likeness (QED) is 0.850. The maximum absolute atomic E-state index is 13.5. The minimum absolute atomic E-state index is 0.338. The lowest BCUT2D eigenvalue weighted by molar-refractivity contribution is 0.0731. The Balaban J connectivity index is 1.96. The molecule has 16 heavy (non-hydrogen) atoms. The first-order valence-corrected chi connectivity index (χ1v) is 5.45. The van der Waals surface area contributed by atoms with Crippen LogP contribution in [0.15, 0.2) is 24.3 Å². The van der Waals surface area contributed by atoms with Gasteiger partial charge in [0.05, 0.1) is 7.11 Å². The molecule has 0 spiro atoms. The van der Waals surface area contributed by atoms with E-state index in [-0.39, 0.29) is 6.10 Å². The highest BCUT2D eigenvalue weighted by Gasteiger charge is 2.26. The van der Waals surface area contributed by atoms with Gasteiger partial charge in [-0.3, -0.25) is 0 Å². The van der Waals surface area contributed by atoms with Crippen molar-refractivity contribution in [2.45, 2.75) is 18.7 Å². The van der Waals surface area contributed by atoms with Crippen LogP contribution in [0.2, 0.25) is 0 Å². The zero-order chi connectivity index (χ0) is 11.4. The van der Waals surface area contributed by atoms with Crippen LogP contribution < -0.4 is 14.8 Å². The highest BCUT2D eigenvalue weighted by atomic mass is 19.1. The van der Waals surface area contributed by atoms with Gasteiger partial charge in [-0.1, -0.05) is 0 Å². The summed E-state index contributed by atoms with van der Waals surface area (Å²) >= 11 is 0. The number of hydrogen-bond acceptors (Lipinski definition) is 3. The summed E-state index contributed by atoms with van der Waals surface area (Å²) in [6.07, 6.45) is -0.571. The highest BCUT2D eigenvalue weighted by molar-refractivity contribution is 5.31. The molecule has 1 aromatic rings. The molecule has 1 saturated heterocycles. The maximum Gasteiger partial charge on any atom is 0.149 e. The Kier molecular flexibility index (Phi) is 3.62. The van der Waals surface area contributed by atoms with Crippen LogP contribution in [-0.4, -0.2) is 32.5 Å². The molecule has 1 N–H and O–H groups in total. The van der Waals surface area contributed by atoms with E-state index in [1.165, 1.54) is 0 Å². The Bertz CT molecular complexity index is 328. The zero-order valence-electron chi connectivity index (χ0n) is 9.28. The third-order valence-corrected chi connectivity index (χ3v) is 2.70. The van der Waals surface area contributed by atoms with Crippen LogP contribution in [0.25, 0.3) is 0 Å².